The van der Waals surface area contributed by atoms with Crippen LogP contribution < -0.4 is 10.2 Å². The molecule has 1 aliphatic heterocycles. The Bertz CT molecular complexity index is 937. The lowest BCUT2D eigenvalue weighted by Gasteiger charge is -2.33. The first-order valence-electron chi connectivity index (χ1n) is 10.3. The third-order valence-electron chi connectivity index (χ3n) is 5.54. The molecule has 0 atom stereocenters. The minimum atomic E-state index is -0.214. The molecule has 1 fully saturated rings. The Kier molecular flexibility index (Phi) is 6.03. The van der Waals surface area contributed by atoms with Gasteiger partial charge in [-0.15, -0.1) is 0 Å². The van der Waals surface area contributed by atoms with Gasteiger partial charge in [0.2, 0.25) is 5.95 Å². The highest BCUT2D eigenvalue weighted by atomic mass is 19.1. The normalized spacial score (nSPS) is 14.8. The number of hydrogen-bond donors (Lipinski definition) is 1. The van der Waals surface area contributed by atoms with E-state index in [2.05, 4.69) is 45.5 Å². The molecule has 0 radical (unpaired) electrons. The molecule has 0 amide bonds. The highest BCUT2D eigenvalue weighted by Crippen LogP contribution is 2.25. The summed E-state index contributed by atoms with van der Waals surface area (Å²) < 4.78 is 13.8. The predicted molar refractivity (Wildman–Crippen MR) is 116 cm³/mol. The second-order valence-corrected chi connectivity index (χ2v) is 7.76. The zero-order valence-electron chi connectivity index (χ0n) is 16.8. The number of aromatic nitrogens is 2. The summed E-state index contributed by atoms with van der Waals surface area (Å²) in [6.45, 7) is 4.34. The number of anilines is 2. The van der Waals surface area contributed by atoms with Crippen LogP contribution in [0.5, 0.6) is 0 Å². The van der Waals surface area contributed by atoms with E-state index in [4.69, 9.17) is 4.98 Å². The Labute approximate surface area is 171 Å². The van der Waals surface area contributed by atoms with Crippen molar-refractivity contribution in [2.75, 3.05) is 23.3 Å². The number of nitrogens with one attached hydrogen (secondary N) is 1. The zero-order valence-corrected chi connectivity index (χ0v) is 16.8. The molecule has 29 heavy (non-hydrogen) atoms. The van der Waals surface area contributed by atoms with Gasteiger partial charge < -0.3 is 10.2 Å². The molecular formula is C24H27FN4. The third-order valence-corrected chi connectivity index (χ3v) is 5.54. The third kappa shape index (κ3) is 5.11. The first kappa shape index (κ1) is 19.4. The van der Waals surface area contributed by atoms with Crippen molar-refractivity contribution in [2.45, 2.75) is 32.7 Å². The van der Waals surface area contributed by atoms with Crippen molar-refractivity contribution in [1.82, 2.24) is 9.97 Å². The molecule has 2 aromatic carbocycles. The molecule has 0 unspecified atom stereocenters. The molecular weight excluding hydrogens is 363 g/mol. The van der Waals surface area contributed by atoms with Gasteiger partial charge in [-0.3, -0.25) is 0 Å². The lowest BCUT2D eigenvalue weighted by Crippen LogP contribution is -2.35. The van der Waals surface area contributed by atoms with E-state index in [-0.39, 0.29) is 5.82 Å². The van der Waals surface area contributed by atoms with Crippen LogP contribution in [-0.2, 0) is 13.0 Å². The van der Waals surface area contributed by atoms with Gasteiger partial charge in [0.1, 0.15) is 11.6 Å². The molecule has 1 aliphatic rings. The van der Waals surface area contributed by atoms with Crippen molar-refractivity contribution in [3.05, 3.63) is 83.3 Å². The summed E-state index contributed by atoms with van der Waals surface area (Å²) in [7, 11) is 0. The monoisotopic (exact) mass is 390 g/mol. The summed E-state index contributed by atoms with van der Waals surface area (Å²) in [5.41, 5.74) is 2.95. The second kappa shape index (κ2) is 9.03. The van der Waals surface area contributed by atoms with Crippen LogP contribution in [-0.4, -0.2) is 23.1 Å². The SMILES string of the molecule is Cc1cc(N2CCC(Cc3ccccc3)CC2)nc(NCc2ccccc2F)n1. The van der Waals surface area contributed by atoms with Gasteiger partial charge in [0.15, 0.2) is 0 Å². The maximum Gasteiger partial charge on any atom is 0.225 e. The largest absolute Gasteiger partial charge is 0.356 e. The molecule has 0 bridgehead atoms. The summed E-state index contributed by atoms with van der Waals surface area (Å²) >= 11 is 0. The van der Waals surface area contributed by atoms with Crippen molar-refractivity contribution >= 4 is 11.8 Å². The molecule has 0 saturated carbocycles. The Morgan fingerprint density at radius 3 is 2.48 bits per heavy atom. The van der Waals surface area contributed by atoms with Gasteiger partial charge in [-0.05, 0) is 43.7 Å². The highest BCUT2D eigenvalue weighted by molar-refractivity contribution is 5.45. The van der Waals surface area contributed by atoms with Crippen LogP contribution in [0.15, 0.2) is 60.7 Å². The zero-order chi connectivity index (χ0) is 20.1. The van der Waals surface area contributed by atoms with E-state index in [0.717, 1.165) is 49.8 Å². The van der Waals surface area contributed by atoms with E-state index in [1.54, 1.807) is 12.1 Å². The Morgan fingerprint density at radius 1 is 1.00 bits per heavy atom. The molecule has 2 heterocycles. The van der Waals surface area contributed by atoms with Crippen molar-refractivity contribution < 1.29 is 4.39 Å². The average Bonchev–Trinajstić information content (AvgIpc) is 2.74. The van der Waals surface area contributed by atoms with Gasteiger partial charge in [0, 0.05) is 37.0 Å². The quantitative estimate of drug-likeness (QED) is 0.643. The Hall–Kier alpha value is -2.95. The fraction of sp³-hybridized carbons (Fsp3) is 0.333. The van der Waals surface area contributed by atoms with Crippen LogP contribution in [0.4, 0.5) is 16.2 Å². The van der Waals surface area contributed by atoms with Gasteiger partial charge in [0.05, 0.1) is 0 Å². The van der Waals surface area contributed by atoms with Crippen molar-refractivity contribution in [3.8, 4) is 0 Å². The molecule has 1 aromatic heterocycles. The van der Waals surface area contributed by atoms with Crippen molar-refractivity contribution in [1.29, 1.82) is 0 Å². The maximum absolute atomic E-state index is 13.8. The first-order valence-corrected chi connectivity index (χ1v) is 10.3. The van der Waals surface area contributed by atoms with E-state index in [1.807, 2.05) is 19.1 Å². The number of rotatable bonds is 6. The van der Waals surface area contributed by atoms with Crippen LogP contribution in [0, 0.1) is 18.7 Å². The smallest absolute Gasteiger partial charge is 0.225 e. The van der Waals surface area contributed by atoms with E-state index in [9.17, 15) is 4.39 Å². The van der Waals surface area contributed by atoms with Crippen LogP contribution in [0.2, 0.25) is 0 Å². The number of benzene rings is 2. The van der Waals surface area contributed by atoms with Crippen LogP contribution in [0.25, 0.3) is 0 Å². The predicted octanol–water partition coefficient (Wildman–Crippen LogP) is 5.00. The van der Waals surface area contributed by atoms with E-state index >= 15 is 0 Å². The van der Waals surface area contributed by atoms with Crippen LogP contribution >= 0.6 is 0 Å². The number of halogens is 1. The summed E-state index contributed by atoms with van der Waals surface area (Å²) in [5, 5.41) is 3.17. The molecule has 4 rings (SSSR count). The summed E-state index contributed by atoms with van der Waals surface area (Å²) in [6.07, 6.45) is 3.47. The number of aryl methyl sites for hydroxylation is 1. The van der Waals surface area contributed by atoms with Gasteiger partial charge in [-0.25, -0.2) is 9.37 Å². The molecule has 3 aromatic rings. The fourth-order valence-corrected chi connectivity index (χ4v) is 3.92. The molecule has 1 saturated heterocycles. The Morgan fingerprint density at radius 2 is 1.72 bits per heavy atom. The minimum Gasteiger partial charge on any atom is -0.356 e. The standard InChI is InChI=1S/C24H27FN4/c1-18-15-23(28-24(27-18)26-17-21-9-5-6-10-22(21)25)29-13-11-20(12-14-29)16-19-7-3-2-4-8-19/h2-10,15,20H,11-14,16-17H2,1H3,(H,26,27,28). The summed E-state index contributed by atoms with van der Waals surface area (Å²) in [4.78, 5) is 11.5. The molecule has 0 spiro atoms. The van der Waals surface area contributed by atoms with E-state index in [1.165, 1.54) is 11.6 Å². The summed E-state index contributed by atoms with van der Waals surface area (Å²) in [6, 6.07) is 19.5. The number of nitrogens with zero attached hydrogens (tertiary/aromatic N) is 3. The fourth-order valence-electron chi connectivity index (χ4n) is 3.92. The molecule has 1 N–H and O–H groups in total. The van der Waals surface area contributed by atoms with Gasteiger partial charge >= 0.3 is 0 Å². The average molecular weight is 391 g/mol. The number of piperidine rings is 1. The summed E-state index contributed by atoms with van der Waals surface area (Å²) in [5.74, 6) is 2.00. The van der Waals surface area contributed by atoms with Crippen LogP contribution in [0.1, 0.15) is 29.7 Å². The molecule has 150 valence electrons. The number of hydrogen-bond acceptors (Lipinski definition) is 4. The Balaban J connectivity index is 1.37. The van der Waals surface area contributed by atoms with E-state index < -0.39 is 0 Å². The van der Waals surface area contributed by atoms with Gasteiger partial charge in [-0.2, -0.15) is 4.98 Å². The molecule has 5 heteroatoms. The minimum absolute atomic E-state index is 0.214. The topological polar surface area (TPSA) is 41.1 Å². The van der Waals surface area contributed by atoms with Crippen molar-refractivity contribution in [3.63, 3.8) is 0 Å². The van der Waals surface area contributed by atoms with Crippen molar-refractivity contribution in [2.24, 2.45) is 5.92 Å². The van der Waals surface area contributed by atoms with Gasteiger partial charge in [-0.1, -0.05) is 48.5 Å². The lowest BCUT2D eigenvalue weighted by molar-refractivity contribution is 0.402. The second-order valence-electron chi connectivity index (χ2n) is 7.76. The maximum atomic E-state index is 13.8. The van der Waals surface area contributed by atoms with Crippen LogP contribution in [0.3, 0.4) is 0 Å². The van der Waals surface area contributed by atoms with Gasteiger partial charge in [0.25, 0.3) is 0 Å². The molecule has 0 aliphatic carbocycles. The lowest BCUT2D eigenvalue weighted by atomic mass is 9.90. The molecule has 4 nitrogen and oxygen atoms in total. The highest BCUT2D eigenvalue weighted by Gasteiger charge is 2.21. The van der Waals surface area contributed by atoms with E-state index in [0.29, 0.717) is 18.1 Å². The first-order chi connectivity index (χ1) is 14.2.